The van der Waals surface area contributed by atoms with Crippen LogP contribution in [0.15, 0.2) is 36.4 Å². The molecule has 1 fully saturated rings. The molecule has 1 N–H and O–H groups in total. The first-order valence-corrected chi connectivity index (χ1v) is 8.54. The number of nitrogens with zero attached hydrogens (tertiary/aromatic N) is 2. The van der Waals surface area contributed by atoms with Gasteiger partial charge in [-0.15, -0.1) is 5.10 Å². The number of carboxylic acid groups (broad SMARTS) is 1. The van der Waals surface area contributed by atoms with E-state index in [4.69, 9.17) is 5.11 Å². The number of rotatable bonds is 4. The van der Waals surface area contributed by atoms with Crippen molar-refractivity contribution in [3.63, 3.8) is 0 Å². The van der Waals surface area contributed by atoms with Crippen LogP contribution in [0.25, 0.3) is 0 Å². The van der Waals surface area contributed by atoms with Crippen LogP contribution in [-0.4, -0.2) is 27.1 Å². The van der Waals surface area contributed by atoms with E-state index in [-0.39, 0.29) is 17.2 Å². The fraction of sp³-hybridized carbons (Fsp3) is 0.368. The van der Waals surface area contributed by atoms with Gasteiger partial charge >= 0.3 is 12.1 Å². The number of Topliss-reactive ketones (excluding diaryl/α,β-unsaturated/α-hetero) is 1. The zero-order chi connectivity index (χ0) is 19.6. The molecular weight excluding hydrogens is 361 g/mol. The van der Waals surface area contributed by atoms with E-state index in [0.29, 0.717) is 31.4 Å². The van der Waals surface area contributed by atoms with E-state index in [2.05, 4.69) is 10.2 Å². The van der Waals surface area contributed by atoms with Crippen molar-refractivity contribution >= 4 is 11.8 Å². The second-order valence-corrected chi connectivity index (χ2v) is 6.60. The van der Waals surface area contributed by atoms with Crippen molar-refractivity contribution in [2.24, 2.45) is 5.92 Å². The highest BCUT2D eigenvalue weighted by Crippen LogP contribution is 2.38. The predicted octanol–water partition coefficient (Wildman–Crippen LogP) is 4.35. The van der Waals surface area contributed by atoms with Crippen molar-refractivity contribution in [1.29, 1.82) is 0 Å². The fourth-order valence-electron chi connectivity index (χ4n) is 3.49. The maximum atomic E-state index is 13.1. The highest BCUT2D eigenvalue weighted by Gasteiger charge is 2.37. The summed E-state index contributed by atoms with van der Waals surface area (Å²) in [6.07, 6.45) is -2.47. The number of carbonyl (C=O) groups is 2. The molecule has 1 heterocycles. The summed E-state index contributed by atoms with van der Waals surface area (Å²) in [5, 5.41) is 16.4. The number of alkyl halides is 3. The van der Waals surface area contributed by atoms with Gasteiger partial charge in [0.25, 0.3) is 0 Å². The topological polar surface area (TPSA) is 80.1 Å². The summed E-state index contributed by atoms with van der Waals surface area (Å²) in [5.41, 5.74) is -0.681. The molecule has 0 atom stereocenters. The fourth-order valence-corrected chi connectivity index (χ4v) is 3.49. The smallest absolute Gasteiger partial charge is 0.417 e. The first-order chi connectivity index (χ1) is 12.8. The molecule has 5 nitrogen and oxygen atoms in total. The minimum absolute atomic E-state index is 0.0160. The third-order valence-electron chi connectivity index (χ3n) is 4.92. The summed E-state index contributed by atoms with van der Waals surface area (Å²) in [5.74, 6) is -2.08. The Labute approximate surface area is 153 Å². The molecule has 1 aromatic carbocycles. The zero-order valence-electron chi connectivity index (χ0n) is 14.2. The lowest BCUT2D eigenvalue weighted by Crippen LogP contribution is -2.24. The van der Waals surface area contributed by atoms with Crippen LogP contribution in [0.5, 0.6) is 0 Å². The molecule has 0 unspecified atom stereocenters. The standard InChI is InChI=1S/C19H17F3N2O3/c20-19(21,22)14-4-2-1-3-13(14)17(25)12-7-5-11(6-8-12)15-9-10-16(18(26)27)24-23-15/h1-4,9-12H,5-8H2,(H,26,27). The molecule has 0 amide bonds. The molecule has 2 aromatic rings. The van der Waals surface area contributed by atoms with Gasteiger partial charge in [-0.05, 0) is 43.9 Å². The molecule has 0 bridgehead atoms. The van der Waals surface area contributed by atoms with E-state index >= 15 is 0 Å². The van der Waals surface area contributed by atoms with Crippen molar-refractivity contribution in [3.8, 4) is 0 Å². The van der Waals surface area contributed by atoms with Gasteiger partial charge in [-0.2, -0.15) is 18.3 Å². The van der Waals surface area contributed by atoms with E-state index < -0.39 is 29.4 Å². The van der Waals surface area contributed by atoms with Crippen molar-refractivity contribution in [1.82, 2.24) is 10.2 Å². The maximum absolute atomic E-state index is 13.1. The van der Waals surface area contributed by atoms with Gasteiger partial charge in [-0.1, -0.05) is 18.2 Å². The lowest BCUT2D eigenvalue weighted by Gasteiger charge is -2.27. The first-order valence-electron chi connectivity index (χ1n) is 8.54. The monoisotopic (exact) mass is 378 g/mol. The van der Waals surface area contributed by atoms with E-state index in [1.807, 2.05) is 0 Å². The van der Waals surface area contributed by atoms with Crippen molar-refractivity contribution < 1.29 is 27.9 Å². The van der Waals surface area contributed by atoms with E-state index in [1.54, 1.807) is 6.07 Å². The summed E-state index contributed by atoms with van der Waals surface area (Å²) >= 11 is 0. The van der Waals surface area contributed by atoms with Crippen molar-refractivity contribution in [2.75, 3.05) is 0 Å². The maximum Gasteiger partial charge on any atom is 0.417 e. The number of carbonyl (C=O) groups excluding carboxylic acids is 1. The Bertz CT molecular complexity index is 842. The number of benzene rings is 1. The van der Waals surface area contributed by atoms with Crippen LogP contribution in [0, 0.1) is 5.92 Å². The summed E-state index contributed by atoms with van der Waals surface area (Å²) in [6, 6.07) is 7.85. The third-order valence-corrected chi connectivity index (χ3v) is 4.92. The molecule has 1 aliphatic carbocycles. The average molecular weight is 378 g/mol. The Balaban J connectivity index is 1.69. The van der Waals surface area contributed by atoms with E-state index in [1.165, 1.54) is 24.3 Å². The van der Waals surface area contributed by atoms with E-state index in [9.17, 15) is 22.8 Å². The summed E-state index contributed by atoms with van der Waals surface area (Å²) in [7, 11) is 0. The van der Waals surface area contributed by atoms with Gasteiger partial charge in [0.1, 0.15) is 0 Å². The lowest BCUT2D eigenvalue weighted by atomic mass is 9.77. The normalized spacial score (nSPS) is 20.3. The highest BCUT2D eigenvalue weighted by molar-refractivity contribution is 5.99. The molecule has 1 aromatic heterocycles. The highest BCUT2D eigenvalue weighted by atomic mass is 19.4. The molecular formula is C19H17F3N2O3. The molecule has 0 aliphatic heterocycles. The number of carboxylic acids is 1. The Morgan fingerprint density at radius 3 is 2.19 bits per heavy atom. The van der Waals surface area contributed by atoms with Gasteiger partial charge in [0.2, 0.25) is 0 Å². The first kappa shape index (κ1) is 19.0. The SMILES string of the molecule is O=C(O)c1ccc(C2CCC(C(=O)c3ccccc3C(F)(F)F)CC2)nn1. The van der Waals surface area contributed by atoms with Crippen LogP contribution in [0.2, 0.25) is 0 Å². The van der Waals surface area contributed by atoms with Gasteiger partial charge in [-0.25, -0.2) is 4.79 Å². The quantitative estimate of drug-likeness (QED) is 0.800. The van der Waals surface area contributed by atoms with Crippen LogP contribution >= 0.6 is 0 Å². The number of hydrogen-bond acceptors (Lipinski definition) is 4. The van der Waals surface area contributed by atoms with Gasteiger partial charge in [0.15, 0.2) is 11.5 Å². The number of hydrogen-bond donors (Lipinski definition) is 1. The van der Waals surface area contributed by atoms with Crippen LogP contribution in [0.4, 0.5) is 13.2 Å². The molecule has 0 spiro atoms. The molecule has 142 valence electrons. The number of halogens is 3. The number of aromatic carboxylic acids is 1. The molecule has 0 radical (unpaired) electrons. The minimum atomic E-state index is -4.56. The molecule has 0 saturated heterocycles. The number of aromatic nitrogens is 2. The Hall–Kier alpha value is -2.77. The van der Waals surface area contributed by atoms with Crippen molar-refractivity contribution in [3.05, 3.63) is 58.9 Å². The average Bonchev–Trinajstić information content (AvgIpc) is 2.67. The molecule has 27 heavy (non-hydrogen) atoms. The molecule has 1 saturated carbocycles. The minimum Gasteiger partial charge on any atom is -0.476 e. The second-order valence-electron chi connectivity index (χ2n) is 6.60. The van der Waals surface area contributed by atoms with Crippen LogP contribution in [0.3, 0.4) is 0 Å². The predicted molar refractivity (Wildman–Crippen MR) is 89.5 cm³/mol. The Morgan fingerprint density at radius 2 is 1.63 bits per heavy atom. The van der Waals surface area contributed by atoms with Gasteiger partial charge in [-0.3, -0.25) is 4.79 Å². The van der Waals surface area contributed by atoms with Gasteiger partial charge in [0.05, 0.1) is 11.3 Å². The Kier molecular flexibility index (Phi) is 5.25. The largest absolute Gasteiger partial charge is 0.476 e. The van der Waals surface area contributed by atoms with Crippen LogP contribution in [-0.2, 0) is 6.18 Å². The summed E-state index contributed by atoms with van der Waals surface area (Å²) < 4.78 is 39.4. The lowest BCUT2D eigenvalue weighted by molar-refractivity contribution is -0.138. The third kappa shape index (κ3) is 4.15. The van der Waals surface area contributed by atoms with Crippen LogP contribution in [0.1, 0.15) is 63.7 Å². The molecule has 8 heteroatoms. The van der Waals surface area contributed by atoms with E-state index in [0.717, 1.165) is 6.07 Å². The van der Waals surface area contributed by atoms with Crippen LogP contribution < -0.4 is 0 Å². The Morgan fingerprint density at radius 1 is 0.963 bits per heavy atom. The number of ketones is 1. The van der Waals surface area contributed by atoms with Gasteiger partial charge in [0, 0.05) is 17.4 Å². The summed E-state index contributed by atoms with van der Waals surface area (Å²) in [6.45, 7) is 0. The zero-order valence-corrected chi connectivity index (χ0v) is 14.2. The summed E-state index contributed by atoms with van der Waals surface area (Å²) in [4.78, 5) is 23.5. The molecule has 3 rings (SSSR count). The van der Waals surface area contributed by atoms with Gasteiger partial charge < -0.3 is 5.11 Å². The second kappa shape index (κ2) is 7.46. The molecule has 1 aliphatic rings. The van der Waals surface area contributed by atoms with Crippen molar-refractivity contribution in [2.45, 2.75) is 37.8 Å².